The van der Waals surface area contributed by atoms with Crippen LogP contribution in [0.3, 0.4) is 0 Å². The molecule has 0 radical (unpaired) electrons. The number of ether oxygens (including phenoxy) is 1. The summed E-state index contributed by atoms with van der Waals surface area (Å²) >= 11 is 0. The predicted octanol–water partition coefficient (Wildman–Crippen LogP) is 2.23. The zero-order valence-electron chi connectivity index (χ0n) is 10.1. The van der Waals surface area contributed by atoms with E-state index in [-0.39, 0.29) is 6.04 Å². The molecular formula is C13H20N2O. The van der Waals surface area contributed by atoms with Crippen LogP contribution in [-0.4, -0.2) is 17.6 Å². The molecule has 0 aromatic carbocycles. The van der Waals surface area contributed by atoms with Gasteiger partial charge in [-0.3, -0.25) is 4.98 Å². The summed E-state index contributed by atoms with van der Waals surface area (Å²) < 4.78 is 5.55. The molecule has 0 fully saturated rings. The zero-order valence-corrected chi connectivity index (χ0v) is 10.1. The minimum absolute atomic E-state index is 0.139. The van der Waals surface area contributed by atoms with Crippen molar-refractivity contribution in [2.75, 3.05) is 6.61 Å². The summed E-state index contributed by atoms with van der Waals surface area (Å²) in [5.41, 5.74) is 7.87. The van der Waals surface area contributed by atoms with E-state index in [1.54, 1.807) is 6.08 Å². The first-order valence-corrected chi connectivity index (χ1v) is 5.63. The first kappa shape index (κ1) is 12.7. The molecule has 1 unspecified atom stereocenters. The van der Waals surface area contributed by atoms with Crippen molar-refractivity contribution < 1.29 is 4.74 Å². The van der Waals surface area contributed by atoms with E-state index in [0.717, 1.165) is 30.0 Å². The molecule has 3 heteroatoms. The first-order valence-electron chi connectivity index (χ1n) is 5.63. The molecule has 1 rings (SSSR count). The molecule has 2 N–H and O–H groups in total. The largest absolute Gasteiger partial charge is 0.488 e. The highest BCUT2D eigenvalue weighted by atomic mass is 16.5. The molecule has 16 heavy (non-hydrogen) atoms. The predicted molar refractivity (Wildman–Crippen MR) is 66.6 cm³/mol. The van der Waals surface area contributed by atoms with Crippen LogP contribution in [0.25, 0.3) is 0 Å². The van der Waals surface area contributed by atoms with E-state index in [0.29, 0.717) is 6.61 Å². The van der Waals surface area contributed by atoms with Crippen molar-refractivity contribution in [2.45, 2.75) is 32.7 Å². The Balaban J connectivity index is 2.84. The molecule has 0 amide bonds. The monoisotopic (exact) mass is 220 g/mol. The van der Waals surface area contributed by atoms with Crippen LogP contribution in [0.4, 0.5) is 0 Å². The van der Waals surface area contributed by atoms with Gasteiger partial charge in [-0.2, -0.15) is 0 Å². The van der Waals surface area contributed by atoms with Gasteiger partial charge < -0.3 is 10.5 Å². The summed E-state index contributed by atoms with van der Waals surface area (Å²) in [6.07, 6.45) is 3.42. The molecule has 1 atom stereocenters. The van der Waals surface area contributed by atoms with Gasteiger partial charge in [-0.1, -0.05) is 19.6 Å². The van der Waals surface area contributed by atoms with Gasteiger partial charge in [0.1, 0.15) is 12.4 Å². The van der Waals surface area contributed by atoms with E-state index in [9.17, 15) is 0 Å². The SMILES string of the molecule is C=CCOc1ccc(C)nc1CC(N)CC. The lowest BCUT2D eigenvalue weighted by molar-refractivity contribution is 0.355. The molecule has 0 aliphatic rings. The quantitative estimate of drug-likeness (QED) is 0.748. The normalized spacial score (nSPS) is 12.2. The van der Waals surface area contributed by atoms with Crippen molar-refractivity contribution in [3.8, 4) is 5.75 Å². The van der Waals surface area contributed by atoms with Crippen LogP contribution in [0.2, 0.25) is 0 Å². The zero-order chi connectivity index (χ0) is 12.0. The van der Waals surface area contributed by atoms with E-state index in [1.165, 1.54) is 0 Å². The van der Waals surface area contributed by atoms with Gasteiger partial charge in [-0.05, 0) is 25.5 Å². The van der Waals surface area contributed by atoms with Crippen LogP contribution in [0, 0.1) is 6.92 Å². The van der Waals surface area contributed by atoms with Crippen LogP contribution in [-0.2, 0) is 6.42 Å². The Morgan fingerprint density at radius 1 is 1.56 bits per heavy atom. The molecule has 3 nitrogen and oxygen atoms in total. The smallest absolute Gasteiger partial charge is 0.141 e. The fourth-order valence-electron chi connectivity index (χ4n) is 1.42. The summed E-state index contributed by atoms with van der Waals surface area (Å²) in [5, 5.41) is 0. The Hall–Kier alpha value is -1.35. The Bertz CT molecular complexity index is 350. The molecule has 1 aromatic rings. The summed E-state index contributed by atoms with van der Waals surface area (Å²) in [4.78, 5) is 4.47. The van der Waals surface area contributed by atoms with E-state index < -0.39 is 0 Å². The fraction of sp³-hybridized carbons (Fsp3) is 0.462. The second kappa shape index (κ2) is 6.28. The molecule has 0 spiro atoms. The van der Waals surface area contributed by atoms with E-state index >= 15 is 0 Å². The number of aromatic nitrogens is 1. The molecule has 0 saturated heterocycles. The lowest BCUT2D eigenvalue weighted by Crippen LogP contribution is -2.22. The third-order valence-electron chi connectivity index (χ3n) is 2.41. The van der Waals surface area contributed by atoms with E-state index in [1.807, 2.05) is 19.1 Å². The fourth-order valence-corrected chi connectivity index (χ4v) is 1.42. The summed E-state index contributed by atoms with van der Waals surface area (Å²) in [5.74, 6) is 0.814. The van der Waals surface area contributed by atoms with Crippen LogP contribution < -0.4 is 10.5 Å². The van der Waals surface area contributed by atoms with Crippen LogP contribution in [0.1, 0.15) is 24.7 Å². The lowest BCUT2D eigenvalue weighted by Gasteiger charge is -2.13. The Labute approximate surface area is 97.3 Å². The maximum atomic E-state index is 5.94. The number of nitrogens with two attached hydrogens (primary N) is 1. The molecule has 0 bridgehead atoms. The standard InChI is InChI=1S/C13H20N2O/c1-4-8-16-13-7-6-10(3)15-12(13)9-11(14)5-2/h4,6-7,11H,1,5,8-9,14H2,2-3H3. The molecule has 0 saturated carbocycles. The highest BCUT2D eigenvalue weighted by molar-refractivity contribution is 5.30. The van der Waals surface area contributed by atoms with Gasteiger partial charge >= 0.3 is 0 Å². The Morgan fingerprint density at radius 3 is 2.94 bits per heavy atom. The topological polar surface area (TPSA) is 48.1 Å². The van der Waals surface area contributed by atoms with Crippen molar-refractivity contribution in [3.05, 3.63) is 36.2 Å². The van der Waals surface area contributed by atoms with E-state index in [2.05, 4.69) is 18.5 Å². The molecule has 0 aliphatic carbocycles. The Kier molecular flexibility index (Phi) is 4.99. The average Bonchev–Trinajstić information content (AvgIpc) is 2.28. The second-order valence-electron chi connectivity index (χ2n) is 3.87. The summed E-state index contributed by atoms with van der Waals surface area (Å²) in [6.45, 7) is 8.17. The van der Waals surface area contributed by atoms with Gasteiger partial charge in [0, 0.05) is 18.2 Å². The van der Waals surface area contributed by atoms with E-state index in [4.69, 9.17) is 10.5 Å². The van der Waals surface area contributed by atoms with Crippen molar-refractivity contribution in [1.82, 2.24) is 4.98 Å². The van der Waals surface area contributed by atoms with Crippen molar-refractivity contribution in [1.29, 1.82) is 0 Å². The van der Waals surface area contributed by atoms with Gasteiger partial charge in [0.2, 0.25) is 0 Å². The molecule has 1 aromatic heterocycles. The van der Waals surface area contributed by atoms with Crippen molar-refractivity contribution in [2.24, 2.45) is 5.73 Å². The van der Waals surface area contributed by atoms with Crippen LogP contribution in [0.15, 0.2) is 24.8 Å². The molecule has 0 aliphatic heterocycles. The minimum Gasteiger partial charge on any atom is -0.488 e. The van der Waals surface area contributed by atoms with Crippen molar-refractivity contribution >= 4 is 0 Å². The summed E-state index contributed by atoms with van der Waals surface area (Å²) in [7, 11) is 0. The third-order valence-corrected chi connectivity index (χ3v) is 2.41. The van der Waals surface area contributed by atoms with Gasteiger partial charge in [0.05, 0.1) is 5.69 Å². The van der Waals surface area contributed by atoms with Crippen LogP contribution >= 0.6 is 0 Å². The number of nitrogens with zero attached hydrogens (tertiary/aromatic N) is 1. The highest BCUT2D eigenvalue weighted by Gasteiger charge is 2.09. The maximum Gasteiger partial charge on any atom is 0.141 e. The second-order valence-corrected chi connectivity index (χ2v) is 3.87. The van der Waals surface area contributed by atoms with Crippen molar-refractivity contribution in [3.63, 3.8) is 0 Å². The maximum absolute atomic E-state index is 5.94. The van der Waals surface area contributed by atoms with Crippen LogP contribution in [0.5, 0.6) is 5.75 Å². The van der Waals surface area contributed by atoms with Gasteiger partial charge in [0.25, 0.3) is 0 Å². The number of rotatable bonds is 6. The van der Waals surface area contributed by atoms with Gasteiger partial charge in [0.15, 0.2) is 0 Å². The minimum atomic E-state index is 0.139. The Morgan fingerprint density at radius 2 is 2.31 bits per heavy atom. The number of hydrogen-bond donors (Lipinski definition) is 1. The molecule has 1 heterocycles. The molecular weight excluding hydrogens is 200 g/mol. The average molecular weight is 220 g/mol. The third kappa shape index (κ3) is 3.66. The highest BCUT2D eigenvalue weighted by Crippen LogP contribution is 2.18. The first-order chi connectivity index (χ1) is 7.67. The van der Waals surface area contributed by atoms with Gasteiger partial charge in [-0.25, -0.2) is 0 Å². The number of pyridine rings is 1. The lowest BCUT2D eigenvalue weighted by atomic mass is 10.1. The summed E-state index contributed by atoms with van der Waals surface area (Å²) in [6, 6.07) is 4.03. The number of hydrogen-bond acceptors (Lipinski definition) is 3. The number of aryl methyl sites for hydroxylation is 1. The van der Waals surface area contributed by atoms with Gasteiger partial charge in [-0.15, -0.1) is 0 Å². The molecule has 88 valence electrons.